The Hall–Kier alpha value is -2.49. The van der Waals surface area contributed by atoms with E-state index in [1.807, 2.05) is 57.2 Å². The van der Waals surface area contributed by atoms with E-state index in [2.05, 4.69) is 0 Å². The highest BCUT2D eigenvalue weighted by molar-refractivity contribution is 5.75. The normalized spacial score (nSPS) is 11.1. The van der Waals surface area contributed by atoms with E-state index >= 15 is 0 Å². The average Bonchev–Trinajstić information content (AvgIpc) is 2.47. The Morgan fingerprint density at radius 3 is 2.39 bits per heavy atom. The zero-order valence-electron chi connectivity index (χ0n) is 13.8. The van der Waals surface area contributed by atoms with Gasteiger partial charge in [0.25, 0.3) is 0 Å². The Bertz CT molecular complexity index is 660. The second-order valence-corrected chi connectivity index (χ2v) is 6.40. The lowest BCUT2D eigenvalue weighted by Crippen LogP contribution is -2.25. The van der Waals surface area contributed by atoms with Crippen LogP contribution in [0.25, 0.3) is 0 Å². The Balaban J connectivity index is 1.96. The molecule has 0 unspecified atom stereocenters. The molecule has 0 aromatic heterocycles. The minimum atomic E-state index is -0.495. The molecule has 122 valence electrons. The maximum Gasteiger partial charge on any atom is 0.310 e. The fraction of sp³-hybridized carbons (Fsp3) is 0.316. The van der Waals surface area contributed by atoms with Crippen LogP contribution in [0.5, 0.6) is 5.75 Å². The summed E-state index contributed by atoms with van der Waals surface area (Å²) < 4.78 is 11.0. The number of carbonyl (C=O) groups excluding carboxylic acids is 1. The quantitative estimate of drug-likeness (QED) is 0.675. The number of anilines is 1. The fourth-order valence-corrected chi connectivity index (χ4v) is 2.10. The minimum absolute atomic E-state index is 0.155. The number of nitrogen functional groups attached to an aromatic ring is 1. The lowest BCUT2D eigenvalue weighted by atomic mass is 10.1. The molecule has 0 radical (unpaired) electrons. The van der Waals surface area contributed by atoms with Gasteiger partial charge in [-0.1, -0.05) is 36.4 Å². The van der Waals surface area contributed by atoms with E-state index in [-0.39, 0.29) is 12.4 Å². The third kappa shape index (κ3) is 5.66. The molecule has 0 aliphatic carbocycles. The topological polar surface area (TPSA) is 61.5 Å². The average molecular weight is 313 g/mol. The molecule has 0 heterocycles. The molecular weight excluding hydrogens is 290 g/mol. The number of benzene rings is 2. The van der Waals surface area contributed by atoms with Crippen molar-refractivity contribution in [1.82, 2.24) is 0 Å². The van der Waals surface area contributed by atoms with E-state index in [1.54, 1.807) is 12.1 Å². The van der Waals surface area contributed by atoms with Gasteiger partial charge in [-0.15, -0.1) is 0 Å². The van der Waals surface area contributed by atoms with Crippen molar-refractivity contribution < 1.29 is 14.3 Å². The van der Waals surface area contributed by atoms with Crippen LogP contribution in [-0.2, 0) is 22.6 Å². The largest absolute Gasteiger partial charge is 0.489 e. The first-order valence-corrected chi connectivity index (χ1v) is 7.60. The molecule has 2 aromatic carbocycles. The molecule has 0 bridgehead atoms. The maximum absolute atomic E-state index is 11.9. The summed E-state index contributed by atoms with van der Waals surface area (Å²) in [5, 5.41) is 0. The molecule has 0 atom stereocenters. The molecule has 0 saturated heterocycles. The van der Waals surface area contributed by atoms with Crippen molar-refractivity contribution in [1.29, 1.82) is 0 Å². The van der Waals surface area contributed by atoms with Crippen molar-refractivity contribution in [3.8, 4) is 5.75 Å². The zero-order chi connectivity index (χ0) is 16.9. The van der Waals surface area contributed by atoms with Crippen molar-refractivity contribution in [2.24, 2.45) is 0 Å². The molecule has 0 amide bonds. The SMILES string of the molecule is CC(C)(C)OC(=O)Cc1ccc(OCc2ccccc2)cc1N. The molecule has 2 aromatic rings. The van der Waals surface area contributed by atoms with E-state index in [4.69, 9.17) is 15.2 Å². The third-order valence-corrected chi connectivity index (χ3v) is 3.12. The van der Waals surface area contributed by atoms with Crippen LogP contribution in [-0.4, -0.2) is 11.6 Å². The number of nitrogens with two attached hydrogens (primary N) is 1. The summed E-state index contributed by atoms with van der Waals surface area (Å²) in [5.74, 6) is 0.390. The summed E-state index contributed by atoms with van der Waals surface area (Å²) in [7, 11) is 0. The third-order valence-electron chi connectivity index (χ3n) is 3.12. The van der Waals surface area contributed by atoms with Gasteiger partial charge in [0.15, 0.2) is 0 Å². The smallest absolute Gasteiger partial charge is 0.310 e. The van der Waals surface area contributed by atoms with Gasteiger partial charge >= 0.3 is 5.97 Å². The lowest BCUT2D eigenvalue weighted by molar-refractivity contribution is -0.153. The molecule has 23 heavy (non-hydrogen) atoms. The van der Waals surface area contributed by atoms with Gasteiger partial charge in [0.1, 0.15) is 18.0 Å². The fourth-order valence-electron chi connectivity index (χ4n) is 2.10. The van der Waals surface area contributed by atoms with E-state index in [0.717, 1.165) is 11.1 Å². The highest BCUT2D eigenvalue weighted by Gasteiger charge is 2.17. The van der Waals surface area contributed by atoms with Crippen LogP contribution in [0, 0.1) is 0 Å². The Labute approximate surface area is 137 Å². The summed E-state index contributed by atoms with van der Waals surface area (Å²) in [4.78, 5) is 11.9. The number of hydrogen-bond donors (Lipinski definition) is 1. The Morgan fingerprint density at radius 1 is 1.09 bits per heavy atom. The van der Waals surface area contributed by atoms with E-state index in [0.29, 0.717) is 18.0 Å². The van der Waals surface area contributed by atoms with Crippen LogP contribution in [0.1, 0.15) is 31.9 Å². The van der Waals surface area contributed by atoms with Crippen molar-refractivity contribution in [2.45, 2.75) is 39.4 Å². The van der Waals surface area contributed by atoms with Gasteiger partial charge in [-0.05, 0) is 38.0 Å². The van der Waals surface area contributed by atoms with Gasteiger partial charge in [-0.2, -0.15) is 0 Å². The zero-order valence-corrected chi connectivity index (χ0v) is 13.8. The summed E-state index contributed by atoms with van der Waals surface area (Å²) in [6.07, 6.45) is 0.155. The molecule has 0 saturated carbocycles. The molecule has 0 fully saturated rings. The van der Waals surface area contributed by atoms with Crippen molar-refractivity contribution in [3.63, 3.8) is 0 Å². The van der Waals surface area contributed by atoms with Crippen molar-refractivity contribution >= 4 is 11.7 Å². The van der Waals surface area contributed by atoms with Crippen LogP contribution in [0.15, 0.2) is 48.5 Å². The lowest BCUT2D eigenvalue weighted by Gasteiger charge is -2.19. The Kier molecular flexibility index (Phi) is 5.27. The maximum atomic E-state index is 11.9. The summed E-state index contributed by atoms with van der Waals surface area (Å²) >= 11 is 0. The summed E-state index contributed by atoms with van der Waals surface area (Å²) in [5.41, 5.74) is 7.88. The standard InChI is InChI=1S/C19H23NO3/c1-19(2,3)23-18(21)11-15-9-10-16(12-17(15)20)22-13-14-7-5-4-6-8-14/h4-10,12H,11,13,20H2,1-3H3. The summed E-state index contributed by atoms with van der Waals surface area (Å²) in [6.45, 7) is 6.00. The second kappa shape index (κ2) is 7.18. The van der Waals surface area contributed by atoms with Crippen LogP contribution in [0.4, 0.5) is 5.69 Å². The highest BCUT2D eigenvalue weighted by Crippen LogP contribution is 2.22. The molecule has 4 nitrogen and oxygen atoms in total. The first-order valence-electron chi connectivity index (χ1n) is 7.60. The van der Waals surface area contributed by atoms with Gasteiger partial charge in [0.2, 0.25) is 0 Å². The highest BCUT2D eigenvalue weighted by atomic mass is 16.6. The first-order chi connectivity index (χ1) is 10.8. The first kappa shape index (κ1) is 16.9. The molecule has 2 N–H and O–H groups in total. The number of ether oxygens (including phenoxy) is 2. The van der Waals surface area contributed by atoms with E-state index in [9.17, 15) is 4.79 Å². The summed E-state index contributed by atoms with van der Waals surface area (Å²) in [6, 6.07) is 15.3. The van der Waals surface area contributed by atoms with Crippen LogP contribution < -0.4 is 10.5 Å². The predicted octanol–water partition coefficient (Wildman–Crippen LogP) is 3.73. The van der Waals surface area contributed by atoms with E-state index < -0.39 is 5.60 Å². The molecule has 4 heteroatoms. The monoisotopic (exact) mass is 313 g/mol. The van der Waals surface area contributed by atoms with Gasteiger partial charge in [0.05, 0.1) is 6.42 Å². The van der Waals surface area contributed by atoms with Gasteiger partial charge in [0, 0.05) is 11.8 Å². The molecule has 0 aliphatic rings. The van der Waals surface area contributed by atoms with Crippen LogP contribution in [0.3, 0.4) is 0 Å². The van der Waals surface area contributed by atoms with Crippen molar-refractivity contribution in [3.05, 3.63) is 59.7 Å². The van der Waals surface area contributed by atoms with Gasteiger partial charge in [-0.3, -0.25) is 4.79 Å². The molecule has 0 spiro atoms. The molecule has 0 aliphatic heterocycles. The predicted molar refractivity (Wildman–Crippen MR) is 91.2 cm³/mol. The second-order valence-electron chi connectivity index (χ2n) is 6.40. The van der Waals surface area contributed by atoms with Gasteiger partial charge in [-0.25, -0.2) is 0 Å². The van der Waals surface area contributed by atoms with Crippen molar-refractivity contribution in [2.75, 3.05) is 5.73 Å². The van der Waals surface area contributed by atoms with Crippen LogP contribution >= 0.6 is 0 Å². The number of esters is 1. The van der Waals surface area contributed by atoms with E-state index in [1.165, 1.54) is 0 Å². The number of rotatable bonds is 5. The molecule has 2 rings (SSSR count). The number of carbonyl (C=O) groups is 1. The van der Waals surface area contributed by atoms with Crippen LogP contribution in [0.2, 0.25) is 0 Å². The Morgan fingerprint density at radius 2 is 1.78 bits per heavy atom. The van der Waals surface area contributed by atoms with Gasteiger partial charge < -0.3 is 15.2 Å². The minimum Gasteiger partial charge on any atom is -0.489 e. The molecular formula is C19H23NO3. The number of hydrogen-bond acceptors (Lipinski definition) is 4.